The minimum atomic E-state index is -4.72. The molecule has 1 aromatic carbocycles. The molecule has 2 aromatic heterocycles. The molecule has 12 heteroatoms. The summed E-state index contributed by atoms with van der Waals surface area (Å²) < 4.78 is 64.9. The van der Waals surface area contributed by atoms with Crippen molar-refractivity contribution < 1.29 is 21.1 Å². The third-order valence-electron chi connectivity index (χ3n) is 5.25. The summed E-state index contributed by atoms with van der Waals surface area (Å²) in [6, 6.07) is 6.52. The van der Waals surface area contributed by atoms with Gasteiger partial charge in [-0.15, -0.1) is 8.98 Å². The zero-order chi connectivity index (χ0) is 23.3. The highest BCUT2D eigenvalue weighted by atomic mass is 32.3. The number of nitrogens with zero attached hydrogens (tertiary/aromatic N) is 6. The van der Waals surface area contributed by atoms with E-state index in [-0.39, 0.29) is 25.0 Å². The van der Waals surface area contributed by atoms with E-state index in [0.717, 1.165) is 0 Å². The Morgan fingerprint density at radius 1 is 1.12 bits per heavy atom. The van der Waals surface area contributed by atoms with Crippen molar-refractivity contribution >= 4 is 27.2 Å². The summed E-state index contributed by atoms with van der Waals surface area (Å²) in [7, 11) is -4.72. The van der Waals surface area contributed by atoms with E-state index in [9.17, 15) is 21.1 Å². The molecule has 0 aliphatic carbocycles. The molecule has 1 aliphatic rings. The molecule has 3 heterocycles. The van der Waals surface area contributed by atoms with Crippen LogP contribution in [0.2, 0.25) is 0 Å². The van der Waals surface area contributed by atoms with Crippen molar-refractivity contribution in [3.63, 3.8) is 0 Å². The maximum Gasteiger partial charge on any atom is 0.306 e. The first kappa shape index (κ1) is 22.4. The van der Waals surface area contributed by atoms with Crippen molar-refractivity contribution in [2.45, 2.75) is 50.8 Å². The van der Waals surface area contributed by atoms with Crippen LogP contribution in [0.3, 0.4) is 0 Å². The third kappa shape index (κ3) is 4.69. The van der Waals surface area contributed by atoms with Gasteiger partial charge < -0.3 is 4.90 Å². The average molecular weight is 469 g/mol. The van der Waals surface area contributed by atoms with Gasteiger partial charge in [-0.2, -0.15) is 8.42 Å². The van der Waals surface area contributed by atoms with E-state index in [1.54, 1.807) is 18.2 Å². The van der Waals surface area contributed by atoms with Gasteiger partial charge in [0.25, 0.3) is 5.92 Å². The Hall–Kier alpha value is -2.76. The Kier molecular flexibility index (Phi) is 5.38. The predicted octanol–water partition coefficient (Wildman–Crippen LogP) is 3.21. The van der Waals surface area contributed by atoms with Crippen LogP contribution in [0.25, 0.3) is 11.2 Å². The van der Waals surface area contributed by atoms with Crippen LogP contribution in [0, 0.1) is 0 Å². The van der Waals surface area contributed by atoms with Gasteiger partial charge >= 0.3 is 10.2 Å². The molecule has 0 atom stereocenters. The highest BCUT2D eigenvalue weighted by molar-refractivity contribution is 7.85. The van der Waals surface area contributed by atoms with Crippen LogP contribution < -0.4 is 4.90 Å². The lowest BCUT2D eigenvalue weighted by Crippen LogP contribution is -2.27. The molecule has 3 aromatic rings. The Labute approximate surface area is 183 Å². The molecule has 0 saturated carbocycles. The molecule has 32 heavy (non-hydrogen) atoms. The topological polar surface area (TPSA) is 93.9 Å². The van der Waals surface area contributed by atoms with Crippen molar-refractivity contribution in [3.05, 3.63) is 41.2 Å². The average Bonchev–Trinajstić information content (AvgIpc) is 3.23. The van der Waals surface area contributed by atoms with Crippen molar-refractivity contribution in [2.75, 3.05) is 18.0 Å². The maximum absolute atomic E-state index is 13.9. The smallest absolute Gasteiger partial charge is 0.306 e. The second kappa shape index (κ2) is 7.68. The van der Waals surface area contributed by atoms with Crippen LogP contribution in [0.15, 0.2) is 24.3 Å². The quantitative estimate of drug-likeness (QED) is 0.531. The van der Waals surface area contributed by atoms with Crippen molar-refractivity contribution in [2.24, 2.45) is 0 Å². The first-order valence-corrected chi connectivity index (χ1v) is 11.6. The van der Waals surface area contributed by atoms with Gasteiger partial charge in [-0.3, -0.25) is 0 Å². The number of halogens is 3. The summed E-state index contributed by atoms with van der Waals surface area (Å²) in [6.07, 6.45) is -0.275. The van der Waals surface area contributed by atoms with Crippen molar-refractivity contribution in [1.29, 1.82) is 0 Å². The summed E-state index contributed by atoms with van der Waals surface area (Å²) in [4.78, 5) is 10.6. The van der Waals surface area contributed by atoms with Gasteiger partial charge in [-0.1, -0.05) is 50.3 Å². The minimum Gasteiger partial charge on any atom is -0.348 e. The normalized spacial score (nSPS) is 16.8. The molecule has 0 N–H and O–H groups in total. The maximum atomic E-state index is 13.9. The lowest BCUT2D eigenvalue weighted by atomic mass is 9.96. The summed E-state index contributed by atoms with van der Waals surface area (Å²) in [5.74, 6) is -2.83. The van der Waals surface area contributed by atoms with Gasteiger partial charge in [0.15, 0.2) is 17.0 Å². The molecule has 0 spiro atoms. The van der Waals surface area contributed by atoms with E-state index in [4.69, 9.17) is 0 Å². The molecule has 1 aliphatic heterocycles. The number of benzene rings is 1. The Morgan fingerprint density at radius 3 is 2.41 bits per heavy atom. The Morgan fingerprint density at radius 2 is 1.81 bits per heavy atom. The zero-order valence-electron chi connectivity index (χ0n) is 17.9. The highest BCUT2D eigenvalue weighted by Gasteiger charge is 2.40. The number of anilines is 1. The van der Waals surface area contributed by atoms with E-state index in [1.807, 2.05) is 20.8 Å². The standard InChI is InChI=1S/C20H23F3N6O2S/c1-19(2,3)18-24-16(28-9-8-20(21,22)12-28)15-17(25-18)29(27-26-15)10-13-6-4-5-7-14(13)11-32(23,30)31/h4-7H,8-12H2,1-3H3. The summed E-state index contributed by atoms with van der Waals surface area (Å²) in [5.41, 5.74) is 0.980. The molecule has 0 amide bonds. The fourth-order valence-electron chi connectivity index (χ4n) is 3.62. The predicted molar refractivity (Wildman–Crippen MR) is 113 cm³/mol. The number of hydrogen-bond acceptors (Lipinski definition) is 7. The van der Waals surface area contributed by atoms with Gasteiger partial charge in [-0.05, 0) is 11.1 Å². The van der Waals surface area contributed by atoms with E-state index in [1.165, 1.54) is 15.6 Å². The molecule has 1 saturated heterocycles. The number of alkyl halides is 2. The van der Waals surface area contributed by atoms with E-state index in [0.29, 0.717) is 28.4 Å². The lowest BCUT2D eigenvalue weighted by Gasteiger charge is -2.22. The molecule has 0 bridgehead atoms. The molecule has 1 fully saturated rings. The summed E-state index contributed by atoms with van der Waals surface area (Å²) in [6.45, 7) is 5.47. The van der Waals surface area contributed by atoms with Gasteiger partial charge in [-0.25, -0.2) is 23.4 Å². The van der Waals surface area contributed by atoms with Gasteiger partial charge in [0.2, 0.25) is 0 Å². The number of rotatable bonds is 5. The Balaban J connectivity index is 1.81. The summed E-state index contributed by atoms with van der Waals surface area (Å²) >= 11 is 0. The molecule has 0 radical (unpaired) electrons. The second-order valence-corrected chi connectivity index (χ2v) is 10.4. The third-order valence-corrected chi connectivity index (χ3v) is 5.91. The van der Waals surface area contributed by atoms with Crippen LogP contribution in [0.4, 0.5) is 18.5 Å². The second-order valence-electron chi connectivity index (χ2n) is 9.02. The number of hydrogen-bond donors (Lipinski definition) is 0. The van der Waals surface area contributed by atoms with Crippen molar-refractivity contribution in [3.8, 4) is 0 Å². The van der Waals surface area contributed by atoms with Gasteiger partial charge in [0.05, 0.1) is 13.1 Å². The van der Waals surface area contributed by atoms with Crippen LogP contribution >= 0.6 is 0 Å². The SMILES string of the molecule is CC(C)(C)c1nc(N2CCC(F)(F)C2)c2nnn(Cc3ccccc3CS(=O)(=O)F)c2n1. The van der Waals surface area contributed by atoms with Crippen LogP contribution in [-0.2, 0) is 27.9 Å². The van der Waals surface area contributed by atoms with Crippen molar-refractivity contribution in [1.82, 2.24) is 25.0 Å². The largest absolute Gasteiger partial charge is 0.348 e. The minimum absolute atomic E-state index is 0.0817. The van der Waals surface area contributed by atoms with Crippen LogP contribution in [0.1, 0.15) is 44.1 Å². The van der Waals surface area contributed by atoms with E-state index < -0.39 is 33.9 Å². The molecule has 172 valence electrons. The van der Waals surface area contributed by atoms with Gasteiger partial charge in [0.1, 0.15) is 11.6 Å². The highest BCUT2D eigenvalue weighted by Crippen LogP contribution is 2.34. The summed E-state index contributed by atoms with van der Waals surface area (Å²) in [5, 5.41) is 8.27. The molecule has 0 unspecified atom stereocenters. The molecule has 8 nitrogen and oxygen atoms in total. The fourth-order valence-corrected chi connectivity index (χ4v) is 4.27. The molecule has 4 rings (SSSR count). The number of aromatic nitrogens is 5. The number of fused-ring (bicyclic) bond motifs is 1. The zero-order valence-corrected chi connectivity index (χ0v) is 18.7. The van der Waals surface area contributed by atoms with Gasteiger partial charge in [0, 0.05) is 18.4 Å². The lowest BCUT2D eigenvalue weighted by molar-refractivity contribution is 0.0257. The monoisotopic (exact) mass is 468 g/mol. The molecular formula is C20H23F3N6O2S. The molecular weight excluding hydrogens is 445 g/mol. The van der Waals surface area contributed by atoms with E-state index in [2.05, 4.69) is 20.3 Å². The van der Waals surface area contributed by atoms with Crippen LogP contribution in [-0.4, -0.2) is 52.4 Å². The first-order chi connectivity index (χ1) is 14.8. The Bertz CT molecular complexity index is 1270. The fraction of sp³-hybridized carbons (Fsp3) is 0.500. The first-order valence-electron chi connectivity index (χ1n) is 10.1. The van der Waals surface area contributed by atoms with E-state index >= 15 is 0 Å². The van der Waals surface area contributed by atoms with Crippen LogP contribution in [0.5, 0.6) is 0 Å².